The molecule has 3 aromatic rings. The number of aliphatic imine (C=N–C) groups is 1. The van der Waals surface area contributed by atoms with Gasteiger partial charge in [-0.25, -0.2) is 8.78 Å². The first-order chi connectivity index (χ1) is 32.4. The van der Waals surface area contributed by atoms with Crippen molar-refractivity contribution >= 4 is 64.4 Å². The summed E-state index contributed by atoms with van der Waals surface area (Å²) in [5.74, 6) is -1.78. The molecule has 0 aliphatic carbocycles. The second kappa shape index (κ2) is 21.0. The summed E-state index contributed by atoms with van der Waals surface area (Å²) in [6, 6.07) is 7.36. The highest BCUT2D eigenvalue weighted by Gasteiger charge is 2.45. The Hall–Kier alpha value is -6.50. The summed E-state index contributed by atoms with van der Waals surface area (Å²) < 4.78 is 37.6. The van der Waals surface area contributed by atoms with E-state index in [-0.39, 0.29) is 65.1 Å². The maximum atomic E-state index is 14.9. The molecule has 5 aliphatic heterocycles. The Morgan fingerprint density at radius 1 is 0.955 bits per heavy atom. The van der Waals surface area contributed by atoms with Gasteiger partial charge < -0.3 is 30.9 Å². The molecule has 1 atom stereocenters. The van der Waals surface area contributed by atoms with E-state index in [4.69, 9.17) is 15.6 Å². The monoisotopic (exact) mass is 924 g/mol. The molecular formula is C48H58F2N10O7. The van der Waals surface area contributed by atoms with Gasteiger partial charge in [0.05, 0.1) is 23.7 Å². The van der Waals surface area contributed by atoms with Gasteiger partial charge >= 0.3 is 0 Å². The Bertz CT molecular complexity index is 2480. The van der Waals surface area contributed by atoms with Gasteiger partial charge in [-0.05, 0) is 86.4 Å². The van der Waals surface area contributed by atoms with Crippen LogP contribution in [0.4, 0.5) is 26.0 Å². The Kier molecular flexibility index (Phi) is 14.7. The molecule has 19 heteroatoms. The van der Waals surface area contributed by atoms with Gasteiger partial charge in [-0.3, -0.25) is 48.7 Å². The predicted molar refractivity (Wildman–Crippen MR) is 246 cm³/mol. The lowest BCUT2D eigenvalue weighted by atomic mass is 9.92. The van der Waals surface area contributed by atoms with E-state index in [2.05, 4.69) is 25.6 Å². The van der Waals surface area contributed by atoms with E-state index >= 15 is 0 Å². The number of carbonyl (C=O) groups is 6. The maximum Gasteiger partial charge on any atom is 0.264 e. The summed E-state index contributed by atoms with van der Waals surface area (Å²) >= 11 is 0. The molecule has 2 saturated heterocycles. The van der Waals surface area contributed by atoms with Gasteiger partial charge in [0.1, 0.15) is 12.6 Å². The molecule has 0 radical (unpaired) electrons. The number of aromatic nitrogens is 2. The van der Waals surface area contributed by atoms with Crippen LogP contribution in [0, 0.1) is 0 Å². The average Bonchev–Trinajstić information content (AvgIpc) is 3.82. The molecule has 6 amide bonds. The zero-order valence-electron chi connectivity index (χ0n) is 37.8. The van der Waals surface area contributed by atoms with Crippen molar-refractivity contribution in [3.63, 3.8) is 0 Å². The molecule has 0 bridgehead atoms. The first-order valence-electron chi connectivity index (χ1n) is 23.4. The highest BCUT2D eigenvalue weighted by atomic mass is 19.3. The quantitative estimate of drug-likeness (QED) is 0.0794. The van der Waals surface area contributed by atoms with Crippen LogP contribution in [0.1, 0.15) is 132 Å². The van der Waals surface area contributed by atoms with Gasteiger partial charge in [0.15, 0.2) is 5.82 Å². The molecule has 5 aliphatic rings. The molecule has 17 nitrogen and oxygen atoms in total. The van der Waals surface area contributed by atoms with Crippen molar-refractivity contribution < 1.29 is 42.3 Å². The number of hydrogen-bond acceptors (Lipinski definition) is 12. The normalized spacial score (nSPS) is 19.0. The van der Waals surface area contributed by atoms with Crippen LogP contribution >= 0.6 is 0 Å². The number of benzene rings is 2. The number of piperidine rings is 1. The van der Waals surface area contributed by atoms with Gasteiger partial charge in [0.2, 0.25) is 23.6 Å². The van der Waals surface area contributed by atoms with Crippen LogP contribution in [0.15, 0.2) is 41.5 Å². The molecule has 1 unspecified atom stereocenters. The topological polar surface area (TPSA) is 214 Å². The second-order valence-corrected chi connectivity index (χ2v) is 17.7. The minimum atomic E-state index is -2.82. The van der Waals surface area contributed by atoms with E-state index in [0.717, 1.165) is 73.1 Å². The number of fused-ring (bicyclic) bond motifs is 3. The lowest BCUT2D eigenvalue weighted by Gasteiger charge is -2.33. The van der Waals surface area contributed by atoms with Gasteiger partial charge in [0, 0.05) is 105 Å². The molecule has 1 aromatic heterocycles. The highest BCUT2D eigenvalue weighted by Crippen LogP contribution is 2.43. The Morgan fingerprint density at radius 2 is 1.72 bits per heavy atom. The van der Waals surface area contributed by atoms with Crippen molar-refractivity contribution in [2.24, 2.45) is 10.7 Å². The minimum Gasteiger partial charge on any atom is -0.404 e. The number of anilines is 3. The zero-order valence-corrected chi connectivity index (χ0v) is 37.8. The standard InChI is InChI=1S/C48H58F2N10O7/c1-29(61)57-19-13-39-38(28-57)45(56-60(39)33-14-20-67-21-15-33)58-18-7-8-30-22-35(36(44(49)50)24-41(30)58)31(25-51)26-52-27-43(63)54-17-6-4-2-3-5-16-53-32-9-10-34-37(23-32)48(66)59(47(34)65)40-11-12-42(62)55-46(40)64/h9-10,22-26,33,40,44,53H,2-8,11-21,27-28,51H2,1H3,(H,54,63)(H,55,62,64). The van der Waals surface area contributed by atoms with E-state index < -0.39 is 36.1 Å². The molecule has 5 N–H and O–H groups in total. The van der Waals surface area contributed by atoms with Crippen LogP contribution in [0.25, 0.3) is 5.57 Å². The largest absolute Gasteiger partial charge is 0.404 e. The number of nitrogens with zero attached hydrogens (tertiary/aromatic N) is 6. The lowest BCUT2D eigenvalue weighted by molar-refractivity contribution is -0.136. The number of halogens is 2. The number of rotatable bonds is 17. The van der Waals surface area contributed by atoms with Crippen molar-refractivity contribution in [1.29, 1.82) is 0 Å². The van der Waals surface area contributed by atoms with Crippen molar-refractivity contribution in [2.75, 3.05) is 56.2 Å². The number of nitrogens with two attached hydrogens (primary N) is 1. The molecule has 67 heavy (non-hydrogen) atoms. The number of allylic oxidation sites excluding steroid dienone is 1. The third kappa shape index (κ3) is 10.3. The first kappa shape index (κ1) is 47.0. The summed E-state index contributed by atoms with van der Waals surface area (Å²) in [4.78, 5) is 84.2. The summed E-state index contributed by atoms with van der Waals surface area (Å²) in [7, 11) is 0. The van der Waals surface area contributed by atoms with Crippen LogP contribution in [-0.2, 0) is 43.3 Å². The molecular weight excluding hydrogens is 867 g/mol. The van der Waals surface area contributed by atoms with E-state index in [0.29, 0.717) is 76.0 Å². The number of aryl methyl sites for hydroxylation is 1. The predicted octanol–water partition coefficient (Wildman–Crippen LogP) is 5.11. The molecule has 0 spiro atoms. The van der Waals surface area contributed by atoms with E-state index in [1.165, 1.54) is 18.5 Å². The Labute approximate surface area is 387 Å². The number of alkyl halides is 2. The van der Waals surface area contributed by atoms with Gasteiger partial charge in [-0.15, -0.1) is 0 Å². The maximum absolute atomic E-state index is 14.9. The van der Waals surface area contributed by atoms with Crippen molar-refractivity contribution in [1.82, 2.24) is 30.2 Å². The van der Waals surface area contributed by atoms with Gasteiger partial charge in [0.25, 0.3) is 18.2 Å². The Balaban J connectivity index is 0.799. The van der Waals surface area contributed by atoms with Gasteiger partial charge in [-0.1, -0.05) is 19.3 Å². The molecule has 0 saturated carbocycles. The van der Waals surface area contributed by atoms with Crippen LogP contribution < -0.4 is 26.6 Å². The molecule has 2 fully saturated rings. The minimum absolute atomic E-state index is 0.0183. The van der Waals surface area contributed by atoms with E-state index in [1.807, 2.05) is 9.80 Å². The van der Waals surface area contributed by atoms with Crippen LogP contribution in [0.2, 0.25) is 0 Å². The fraction of sp³-hybridized carbons (Fsp3) is 0.500. The summed E-state index contributed by atoms with van der Waals surface area (Å²) in [6.45, 7) is 5.36. The number of carbonyl (C=O) groups excluding carboxylic acids is 6. The molecule has 2 aromatic carbocycles. The van der Waals surface area contributed by atoms with Crippen LogP contribution in [0.5, 0.6) is 0 Å². The summed E-state index contributed by atoms with van der Waals surface area (Å²) in [5, 5.41) is 13.5. The van der Waals surface area contributed by atoms with E-state index in [1.54, 1.807) is 31.2 Å². The molecule has 356 valence electrons. The number of nitrogens with one attached hydrogen (secondary N) is 3. The first-order valence-corrected chi connectivity index (χ1v) is 23.4. The second-order valence-electron chi connectivity index (χ2n) is 17.7. The zero-order chi connectivity index (χ0) is 47.2. The lowest BCUT2D eigenvalue weighted by Crippen LogP contribution is -2.54. The fourth-order valence-corrected chi connectivity index (χ4v) is 9.75. The van der Waals surface area contributed by atoms with Crippen molar-refractivity contribution in [2.45, 2.75) is 109 Å². The average molecular weight is 925 g/mol. The number of ether oxygens (including phenoxy) is 1. The van der Waals surface area contributed by atoms with Gasteiger partial charge in [-0.2, -0.15) is 5.10 Å². The number of amides is 6. The third-order valence-electron chi connectivity index (χ3n) is 13.3. The fourth-order valence-electron chi connectivity index (χ4n) is 9.75. The van der Waals surface area contributed by atoms with Crippen LogP contribution in [0.3, 0.4) is 0 Å². The third-order valence-corrected chi connectivity index (χ3v) is 13.3. The number of unbranched alkanes of at least 4 members (excludes halogenated alkanes) is 4. The highest BCUT2D eigenvalue weighted by molar-refractivity contribution is 6.23. The summed E-state index contributed by atoms with van der Waals surface area (Å²) in [6.07, 6.45) is 8.07. The Morgan fingerprint density at radius 3 is 2.46 bits per heavy atom. The van der Waals surface area contributed by atoms with Crippen molar-refractivity contribution in [3.05, 3.63) is 75.6 Å². The SMILES string of the molecule is CC(=O)N1CCc2c(c(N3CCCc4cc(C(C=NCC(=O)NCCCCCCCNc5ccc6c(c5)C(=O)N(C5CCC(=O)NC5=O)C6=O)=CN)c(C(F)F)cc43)nn2C2CCOCC2)C1. The molecule has 6 heterocycles. The number of imide groups is 2. The number of hydrogen-bond donors (Lipinski definition) is 4. The van der Waals surface area contributed by atoms with Crippen LogP contribution in [-0.4, -0.2) is 113 Å². The van der Waals surface area contributed by atoms with Crippen molar-refractivity contribution in [3.8, 4) is 0 Å². The smallest absolute Gasteiger partial charge is 0.264 e. The summed E-state index contributed by atoms with van der Waals surface area (Å²) in [5.41, 5.74) is 11.1. The molecule has 8 rings (SSSR count). The van der Waals surface area contributed by atoms with E-state index in [9.17, 15) is 37.5 Å².